The molecule has 0 saturated carbocycles. The summed E-state index contributed by atoms with van der Waals surface area (Å²) in [6.45, 7) is 2.62. The third kappa shape index (κ3) is 4.97. The lowest BCUT2D eigenvalue weighted by molar-refractivity contribution is -0.132. The molecule has 1 aromatic rings. The van der Waals surface area contributed by atoms with Crippen molar-refractivity contribution in [2.24, 2.45) is 5.73 Å². The second-order valence-electron chi connectivity index (χ2n) is 5.23. The normalized spacial score (nSPS) is 22.4. The minimum atomic E-state index is -0.703. The first-order chi connectivity index (χ1) is 9.60. The Kier molecular flexibility index (Phi) is 7.11. The van der Waals surface area contributed by atoms with Crippen molar-refractivity contribution in [1.29, 1.82) is 0 Å². The van der Waals surface area contributed by atoms with Gasteiger partial charge in [0.05, 0.1) is 12.2 Å². The zero-order chi connectivity index (χ0) is 14.5. The van der Waals surface area contributed by atoms with Gasteiger partial charge in [-0.3, -0.25) is 4.79 Å². The smallest absolute Gasteiger partial charge is 0.249 e. The van der Waals surface area contributed by atoms with Crippen molar-refractivity contribution in [3.05, 3.63) is 35.4 Å². The first-order valence-corrected chi connectivity index (χ1v) is 6.98. The second kappa shape index (κ2) is 8.34. The van der Waals surface area contributed by atoms with Crippen LogP contribution in [-0.4, -0.2) is 36.3 Å². The van der Waals surface area contributed by atoms with Gasteiger partial charge in [-0.15, -0.1) is 12.4 Å². The number of aliphatic hydroxyl groups excluding tert-OH is 1. The minimum Gasteiger partial charge on any atom is -0.387 e. The fraction of sp³-hybridized carbons (Fsp3) is 0.533. The summed E-state index contributed by atoms with van der Waals surface area (Å²) in [5, 5.41) is 12.8. The molecule has 1 saturated heterocycles. The van der Waals surface area contributed by atoms with Gasteiger partial charge < -0.3 is 20.9 Å². The van der Waals surface area contributed by atoms with Crippen LogP contribution in [-0.2, 0) is 9.53 Å². The predicted octanol–water partition coefficient (Wildman–Crippen LogP) is 1.07. The number of rotatable bonds is 5. The molecule has 1 unspecified atom stereocenters. The maximum absolute atomic E-state index is 11.9. The highest BCUT2D eigenvalue weighted by Crippen LogP contribution is 2.19. The molecule has 4 N–H and O–H groups in total. The number of hydrogen-bond acceptors (Lipinski definition) is 4. The molecule has 118 valence electrons. The molecule has 2 rings (SSSR count). The van der Waals surface area contributed by atoms with Gasteiger partial charge in [0.25, 0.3) is 0 Å². The van der Waals surface area contributed by atoms with Crippen molar-refractivity contribution in [2.75, 3.05) is 13.1 Å². The standard InChI is InChI=1S/C15H22N2O3.ClH/c1-10-2-4-11(5-3-10)13(18)9-17-15(19)14-7-6-12(8-16)20-14;/h2-5,12-14,18H,6-9,16H2,1H3,(H,17,19);1H/t12-,13?,14+;/m1./s1. The average molecular weight is 315 g/mol. The van der Waals surface area contributed by atoms with Crippen molar-refractivity contribution in [3.8, 4) is 0 Å². The molecule has 6 heteroatoms. The van der Waals surface area contributed by atoms with Crippen molar-refractivity contribution in [1.82, 2.24) is 5.32 Å². The molecular weight excluding hydrogens is 292 g/mol. The molecule has 1 fully saturated rings. The van der Waals surface area contributed by atoms with Gasteiger partial charge in [0.1, 0.15) is 6.10 Å². The highest BCUT2D eigenvalue weighted by Gasteiger charge is 2.29. The zero-order valence-corrected chi connectivity index (χ0v) is 12.9. The lowest BCUT2D eigenvalue weighted by Crippen LogP contribution is -2.37. The summed E-state index contributed by atoms with van der Waals surface area (Å²) >= 11 is 0. The van der Waals surface area contributed by atoms with E-state index in [4.69, 9.17) is 10.5 Å². The number of amides is 1. The molecule has 1 amide bonds. The number of aliphatic hydroxyl groups is 1. The van der Waals surface area contributed by atoms with Gasteiger partial charge in [-0.1, -0.05) is 29.8 Å². The van der Waals surface area contributed by atoms with Crippen molar-refractivity contribution < 1.29 is 14.6 Å². The molecule has 0 aromatic heterocycles. The quantitative estimate of drug-likeness (QED) is 0.759. The van der Waals surface area contributed by atoms with Crippen LogP contribution in [0.1, 0.15) is 30.1 Å². The molecule has 0 aliphatic carbocycles. The lowest BCUT2D eigenvalue weighted by Gasteiger charge is -2.15. The van der Waals surface area contributed by atoms with E-state index in [0.29, 0.717) is 13.0 Å². The van der Waals surface area contributed by atoms with E-state index in [1.807, 2.05) is 31.2 Å². The van der Waals surface area contributed by atoms with Crippen molar-refractivity contribution >= 4 is 18.3 Å². The van der Waals surface area contributed by atoms with E-state index in [1.54, 1.807) is 0 Å². The summed E-state index contributed by atoms with van der Waals surface area (Å²) in [4.78, 5) is 11.9. The average Bonchev–Trinajstić information content (AvgIpc) is 2.94. The van der Waals surface area contributed by atoms with Crippen molar-refractivity contribution in [3.63, 3.8) is 0 Å². The number of ether oxygens (including phenoxy) is 1. The number of carbonyl (C=O) groups is 1. The highest BCUT2D eigenvalue weighted by molar-refractivity contribution is 5.85. The van der Waals surface area contributed by atoms with Crippen LogP contribution in [0.3, 0.4) is 0 Å². The Morgan fingerprint density at radius 3 is 2.67 bits per heavy atom. The Morgan fingerprint density at radius 1 is 1.43 bits per heavy atom. The monoisotopic (exact) mass is 314 g/mol. The fourth-order valence-corrected chi connectivity index (χ4v) is 2.29. The van der Waals surface area contributed by atoms with Gasteiger partial charge in [-0.05, 0) is 25.3 Å². The molecule has 0 radical (unpaired) electrons. The maximum Gasteiger partial charge on any atom is 0.249 e. The molecule has 0 spiro atoms. The Hall–Kier alpha value is -1.14. The largest absolute Gasteiger partial charge is 0.387 e. The lowest BCUT2D eigenvalue weighted by atomic mass is 10.1. The first-order valence-electron chi connectivity index (χ1n) is 6.98. The van der Waals surface area contributed by atoms with E-state index < -0.39 is 12.2 Å². The number of nitrogens with one attached hydrogen (secondary N) is 1. The molecule has 5 nitrogen and oxygen atoms in total. The van der Waals surface area contributed by atoms with Crippen LogP contribution < -0.4 is 11.1 Å². The van der Waals surface area contributed by atoms with E-state index in [-0.39, 0.29) is 31.0 Å². The van der Waals surface area contributed by atoms with Gasteiger partial charge in [0, 0.05) is 13.1 Å². The molecule has 21 heavy (non-hydrogen) atoms. The first kappa shape index (κ1) is 17.9. The van der Waals surface area contributed by atoms with Gasteiger partial charge in [0.15, 0.2) is 0 Å². The summed E-state index contributed by atoms with van der Waals surface area (Å²) < 4.78 is 5.51. The summed E-state index contributed by atoms with van der Waals surface area (Å²) in [5.41, 5.74) is 7.44. The Bertz CT molecular complexity index is 453. The highest BCUT2D eigenvalue weighted by atomic mass is 35.5. The van der Waals surface area contributed by atoms with Crippen LogP contribution in [0.15, 0.2) is 24.3 Å². The molecule has 0 bridgehead atoms. The Balaban J connectivity index is 0.00000220. The Morgan fingerprint density at radius 2 is 2.10 bits per heavy atom. The molecule has 1 aliphatic heterocycles. The fourth-order valence-electron chi connectivity index (χ4n) is 2.29. The minimum absolute atomic E-state index is 0. The predicted molar refractivity (Wildman–Crippen MR) is 83.3 cm³/mol. The number of aryl methyl sites for hydroxylation is 1. The summed E-state index contributed by atoms with van der Waals surface area (Å²) in [6.07, 6.45) is 0.344. The van der Waals surface area contributed by atoms with Crippen LogP contribution >= 0.6 is 12.4 Å². The van der Waals surface area contributed by atoms with Gasteiger partial charge in [0.2, 0.25) is 5.91 Å². The molecule has 1 aromatic carbocycles. The molecule has 3 atom stereocenters. The van der Waals surface area contributed by atoms with E-state index in [2.05, 4.69) is 5.32 Å². The van der Waals surface area contributed by atoms with E-state index in [9.17, 15) is 9.90 Å². The third-order valence-electron chi connectivity index (χ3n) is 3.59. The van der Waals surface area contributed by atoms with Crippen LogP contribution in [0.5, 0.6) is 0 Å². The number of carbonyl (C=O) groups excluding carboxylic acids is 1. The molecular formula is C15H23ClN2O3. The topological polar surface area (TPSA) is 84.6 Å². The number of nitrogens with two attached hydrogens (primary N) is 1. The van der Waals surface area contributed by atoms with Crippen LogP contribution in [0.4, 0.5) is 0 Å². The molecule has 1 aliphatic rings. The van der Waals surface area contributed by atoms with E-state index in [1.165, 1.54) is 0 Å². The summed E-state index contributed by atoms with van der Waals surface area (Å²) in [5.74, 6) is -0.174. The Labute approximate surface area is 131 Å². The van der Waals surface area contributed by atoms with Crippen LogP contribution in [0, 0.1) is 6.92 Å². The summed E-state index contributed by atoms with van der Waals surface area (Å²) in [6, 6.07) is 7.60. The SMILES string of the molecule is Cc1ccc(C(O)CNC(=O)[C@@H]2CC[C@H](CN)O2)cc1.Cl. The van der Waals surface area contributed by atoms with Crippen LogP contribution in [0.2, 0.25) is 0 Å². The number of halogens is 1. The van der Waals surface area contributed by atoms with E-state index in [0.717, 1.165) is 17.5 Å². The second-order valence-corrected chi connectivity index (χ2v) is 5.23. The van der Waals surface area contributed by atoms with Crippen LogP contribution in [0.25, 0.3) is 0 Å². The third-order valence-corrected chi connectivity index (χ3v) is 3.59. The number of benzene rings is 1. The van der Waals surface area contributed by atoms with Gasteiger partial charge >= 0.3 is 0 Å². The molecule has 1 heterocycles. The zero-order valence-electron chi connectivity index (χ0n) is 12.1. The van der Waals surface area contributed by atoms with Crippen molar-refractivity contribution in [2.45, 2.75) is 38.1 Å². The summed E-state index contributed by atoms with van der Waals surface area (Å²) in [7, 11) is 0. The van der Waals surface area contributed by atoms with Gasteiger partial charge in [-0.25, -0.2) is 0 Å². The number of hydrogen-bond donors (Lipinski definition) is 3. The maximum atomic E-state index is 11.9. The van der Waals surface area contributed by atoms with E-state index >= 15 is 0 Å². The van der Waals surface area contributed by atoms with Gasteiger partial charge in [-0.2, -0.15) is 0 Å².